The number of carbonyl (C=O) groups is 1. The molecular weight excluding hydrogens is 356 g/mol. The summed E-state index contributed by atoms with van der Waals surface area (Å²) in [5.74, 6) is 2.07. The highest BCUT2D eigenvalue weighted by Gasteiger charge is 2.06. The molecule has 0 aliphatic carbocycles. The molecule has 0 spiro atoms. The lowest BCUT2D eigenvalue weighted by Crippen LogP contribution is -2.37. The van der Waals surface area contributed by atoms with Crippen molar-refractivity contribution in [1.82, 2.24) is 15.6 Å². The van der Waals surface area contributed by atoms with Gasteiger partial charge in [-0.05, 0) is 35.9 Å². The van der Waals surface area contributed by atoms with Crippen LogP contribution in [0.3, 0.4) is 0 Å². The fraction of sp³-hybridized carbons (Fsp3) is 0.238. The zero-order valence-electron chi connectivity index (χ0n) is 16.0. The molecule has 0 unspecified atom stereocenters. The number of rotatable bonds is 8. The summed E-state index contributed by atoms with van der Waals surface area (Å²) in [5, 5.41) is 9.94. The monoisotopic (exact) mass is 380 g/mol. The number of para-hydroxylation sites is 1. The molecule has 0 radical (unpaired) electrons. The summed E-state index contributed by atoms with van der Waals surface area (Å²) in [5.41, 5.74) is 1.86. The van der Waals surface area contributed by atoms with Crippen molar-refractivity contribution in [1.29, 1.82) is 0 Å². The number of urea groups is 1. The Morgan fingerprint density at radius 3 is 2.57 bits per heavy atom. The Morgan fingerprint density at radius 1 is 0.929 bits per heavy atom. The highest BCUT2D eigenvalue weighted by atomic mass is 16.5. The number of hydrogen-bond donors (Lipinski definition) is 3. The average Bonchev–Trinajstić information content (AvgIpc) is 2.74. The first-order valence-corrected chi connectivity index (χ1v) is 9.02. The summed E-state index contributed by atoms with van der Waals surface area (Å²) >= 11 is 0. The van der Waals surface area contributed by atoms with E-state index >= 15 is 0 Å². The molecule has 1 aromatic heterocycles. The van der Waals surface area contributed by atoms with Gasteiger partial charge in [0.25, 0.3) is 0 Å². The number of amides is 2. The summed E-state index contributed by atoms with van der Waals surface area (Å²) in [6.45, 7) is 1.45. The molecular formula is C21H24N4O3. The Bertz CT molecular complexity index is 946. The number of ether oxygens (including phenoxy) is 2. The van der Waals surface area contributed by atoms with Gasteiger partial charge in [0.05, 0.1) is 19.7 Å². The molecule has 0 fully saturated rings. The van der Waals surface area contributed by atoms with Crippen LogP contribution in [0.2, 0.25) is 0 Å². The van der Waals surface area contributed by atoms with E-state index in [1.807, 2.05) is 54.6 Å². The van der Waals surface area contributed by atoms with Crippen LogP contribution in [0.25, 0.3) is 10.9 Å². The van der Waals surface area contributed by atoms with Gasteiger partial charge in [-0.3, -0.25) is 0 Å². The van der Waals surface area contributed by atoms with Gasteiger partial charge in [0.1, 0.15) is 5.82 Å². The van der Waals surface area contributed by atoms with E-state index in [4.69, 9.17) is 9.47 Å². The van der Waals surface area contributed by atoms with Crippen LogP contribution in [0.5, 0.6) is 11.5 Å². The van der Waals surface area contributed by atoms with Crippen molar-refractivity contribution < 1.29 is 14.3 Å². The highest BCUT2D eigenvalue weighted by molar-refractivity contribution is 5.80. The fourth-order valence-electron chi connectivity index (χ4n) is 2.77. The molecule has 146 valence electrons. The number of aromatic nitrogens is 1. The minimum atomic E-state index is -0.233. The number of benzene rings is 2. The number of nitrogens with one attached hydrogen (secondary N) is 3. The topological polar surface area (TPSA) is 84.5 Å². The Kier molecular flexibility index (Phi) is 6.51. The van der Waals surface area contributed by atoms with Gasteiger partial charge in [-0.2, -0.15) is 0 Å². The summed E-state index contributed by atoms with van der Waals surface area (Å²) in [6, 6.07) is 17.2. The van der Waals surface area contributed by atoms with Gasteiger partial charge in [-0.25, -0.2) is 9.78 Å². The van der Waals surface area contributed by atoms with Gasteiger partial charge in [0.2, 0.25) is 0 Å². The van der Waals surface area contributed by atoms with Crippen molar-refractivity contribution in [3.8, 4) is 11.5 Å². The summed E-state index contributed by atoms with van der Waals surface area (Å²) in [6.07, 6.45) is 0. The predicted molar refractivity (Wildman–Crippen MR) is 110 cm³/mol. The molecule has 3 rings (SSSR count). The van der Waals surface area contributed by atoms with E-state index < -0.39 is 0 Å². The maximum Gasteiger partial charge on any atom is 0.315 e. The fourth-order valence-corrected chi connectivity index (χ4v) is 2.77. The van der Waals surface area contributed by atoms with Crippen LogP contribution in [0.4, 0.5) is 10.6 Å². The predicted octanol–water partition coefficient (Wildman–Crippen LogP) is 3.16. The van der Waals surface area contributed by atoms with Crippen LogP contribution in [0, 0.1) is 0 Å². The Labute approximate surface area is 164 Å². The van der Waals surface area contributed by atoms with E-state index in [2.05, 4.69) is 20.9 Å². The maximum atomic E-state index is 12.0. The van der Waals surface area contributed by atoms with Gasteiger partial charge in [0, 0.05) is 25.0 Å². The molecule has 28 heavy (non-hydrogen) atoms. The lowest BCUT2D eigenvalue weighted by Gasteiger charge is -2.11. The smallest absolute Gasteiger partial charge is 0.315 e. The highest BCUT2D eigenvalue weighted by Crippen LogP contribution is 2.27. The summed E-state index contributed by atoms with van der Waals surface area (Å²) < 4.78 is 10.5. The van der Waals surface area contributed by atoms with Crippen molar-refractivity contribution in [3.05, 3.63) is 60.2 Å². The molecule has 0 aliphatic heterocycles. The van der Waals surface area contributed by atoms with Crippen molar-refractivity contribution in [2.45, 2.75) is 6.54 Å². The van der Waals surface area contributed by atoms with Gasteiger partial charge < -0.3 is 25.4 Å². The first kappa shape index (κ1) is 19.3. The minimum absolute atomic E-state index is 0.233. The molecule has 0 saturated carbocycles. The number of fused-ring (bicyclic) bond motifs is 1. The second-order valence-electron chi connectivity index (χ2n) is 6.11. The van der Waals surface area contributed by atoms with Crippen molar-refractivity contribution >= 4 is 22.8 Å². The van der Waals surface area contributed by atoms with Crippen LogP contribution >= 0.6 is 0 Å². The Morgan fingerprint density at radius 2 is 1.75 bits per heavy atom. The minimum Gasteiger partial charge on any atom is -0.493 e. The van der Waals surface area contributed by atoms with Crippen LogP contribution in [-0.2, 0) is 6.54 Å². The van der Waals surface area contributed by atoms with E-state index in [-0.39, 0.29) is 6.03 Å². The molecule has 2 aromatic carbocycles. The average molecular weight is 380 g/mol. The molecule has 0 aliphatic rings. The molecule has 1 heterocycles. The molecule has 7 nitrogen and oxygen atoms in total. The van der Waals surface area contributed by atoms with Gasteiger partial charge in [-0.15, -0.1) is 0 Å². The Balaban J connectivity index is 1.40. The van der Waals surface area contributed by atoms with E-state index in [0.29, 0.717) is 31.1 Å². The number of nitrogens with zero attached hydrogens (tertiary/aromatic N) is 1. The van der Waals surface area contributed by atoms with Crippen molar-refractivity contribution in [2.75, 3.05) is 32.6 Å². The zero-order valence-corrected chi connectivity index (χ0v) is 16.0. The van der Waals surface area contributed by atoms with Crippen LogP contribution in [0.1, 0.15) is 5.56 Å². The molecule has 3 aromatic rings. The van der Waals surface area contributed by atoms with Gasteiger partial charge in [-0.1, -0.05) is 24.3 Å². The number of pyridine rings is 1. The van der Waals surface area contributed by atoms with Gasteiger partial charge in [0.15, 0.2) is 11.5 Å². The third kappa shape index (κ3) is 5.03. The number of hydrogen-bond acceptors (Lipinski definition) is 5. The number of methoxy groups -OCH3 is 2. The van der Waals surface area contributed by atoms with E-state index in [9.17, 15) is 4.79 Å². The second-order valence-corrected chi connectivity index (χ2v) is 6.11. The summed E-state index contributed by atoms with van der Waals surface area (Å²) in [7, 11) is 3.17. The molecule has 3 N–H and O–H groups in total. The molecule has 7 heteroatoms. The molecule has 2 amide bonds. The lowest BCUT2D eigenvalue weighted by atomic mass is 10.2. The third-order valence-electron chi connectivity index (χ3n) is 4.22. The number of carbonyl (C=O) groups excluding carboxylic acids is 1. The first-order chi connectivity index (χ1) is 13.7. The van der Waals surface area contributed by atoms with Gasteiger partial charge >= 0.3 is 6.03 Å². The molecule has 0 atom stereocenters. The normalized spacial score (nSPS) is 10.4. The van der Waals surface area contributed by atoms with E-state index in [0.717, 1.165) is 22.3 Å². The van der Waals surface area contributed by atoms with E-state index in [1.165, 1.54) is 0 Å². The van der Waals surface area contributed by atoms with E-state index in [1.54, 1.807) is 14.2 Å². The van der Waals surface area contributed by atoms with Crippen LogP contribution in [0.15, 0.2) is 54.6 Å². The zero-order chi connectivity index (χ0) is 19.8. The van der Waals surface area contributed by atoms with Crippen molar-refractivity contribution in [3.63, 3.8) is 0 Å². The summed E-state index contributed by atoms with van der Waals surface area (Å²) in [4.78, 5) is 16.5. The third-order valence-corrected chi connectivity index (χ3v) is 4.22. The van der Waals surface area contributed by atoms with Crippen LogP contribution in [-0.4, -0.2) is 38.3 Å². The molecule has 0 saturated heterocycles. The second kappa shape index (κ2) is 9.45. The standard InChI is InChI=1S/C21H24N4O3/c1-27-18-9-7-15(13-19(18)28-2)14-24-21(26)23-12-11-22-20-10-8-16-5-3-4-6-17(16)25-20/h3-10,13H,11-12,14H2,1-2H3,(H,22,25)(H2,23,24,26). The Hall–Kier alpha value is -3.48. The first-order valence-electron chi connectivity index (χ1n) is 9.02. The number of anilines is 1. The SMILES string of the molecule is COc1ccc(CNC(=O)NCCNc2ccc3ccccc3n2)cc1OC. The quantitative estimate of drug-likeness (QED) is 0.523. The van der Waals surface area contributed by atoms with Crippen LogP contribution < -0.4 is 25.4 Å². The lowest BCUT2D eigenvalue weighted by molar-refractivity contribution is 0.241. The molecule has 0 bridgehead atoms. The maximum absolute atomic E-state index is 12.0. The largest absolute Gasteiger partial charge is 0.493 e. The van der Waals surface area contributed by atoms with Crippen molar-refractivity contribution in [2.24, 2.45) is 0 Å².